The summed E-state index contributed by atoms with van der Waals surface area (Å²) >= 11 is 0. The van der Waals surface area contributed by atoms with Crippen molar-refractivity contribution in [1.82, 2.24) is 20.4 Å². The van der Waals surface area contributed by atoms with Gasteiger partial charge in [0.25, 0.3) is 0 Å². The van der Waals surface area contributed by atoms with Gasteiger partial charge in [0.2, 0.25) is 5.91 Å². The Labute approximate surface area is 108 Å². The molecule has 2 fully saturated rings. The SMILES string of the molecule is CNC(=O)NCC(=O)N1CCN(CC2CC2)CC1. The van der Waals surface area contributed by atoms with E-state index in [0.717, 1.165) is 32.1 Å². The number of carbonyl (C=O) groups is 2. The predicted octanol–water partition coefficient (Wildman–Crippen LogP) is -0.530. The number of hydrogen-bond donors (Lipinski definition) is 2. The number of rotatable bonds is 4. The summed E-state index contributed by atoms with van der Waals surface area (Å²) < 4.78 is 0. The van der Waals surface area contributed by atoms with Crippen molar-refractivity contribution in [2.24, 2.45) is 5.92 Å². The Bertz CT molecular complexity index is 309. The fourth-order valence-electron chi connectivity index (χ4n) is 2.20. The van der Waals surface area contributed by atoms with E-state index in [9.17, 15) is 9.59 Å². The van der Waals surface area contributed by atoms with Crippen molar-refractivity contribution in [3.8, 4) is 0 Å². The van der Waals surface area contributed by atoms with Crippen molar-refractivity contribution in [2.75, 3.05) is 46.3 Å². The third kappa shape index (κ3) is 3.87. The van der Waals surface area contributed by atoms with Crippen LogP contribution >= 0.6 is 0 Å². The van der Waals surface area contributed by atoms with Gasteiger partial charge in [-0.25, -0.2) is 4.79 Å². The van der Waals surface area contributed by atoms with E-state index in [1.54, 1.807) is 0 Å². The molecule has 2 N–H and O–H groups in total. The van der Waals surface area contributed by atoms with Crippen molar-refractivity contribution >= 4 is 11.9 Å². The molecule has 6 heteroatoms. The van der Waals surface area contributed by atoms with Crippen LogP contribution in [0.3, 0.4) is 0 Å². The number of amides is 3. The molecule has 0 unspecified atom stereocenters. The minimum atomic E-state index is -0.310. The lowest BCUT2D eigenvalue weighted by Gasteiger charge is -2.34. The number of hydrogen-bond acceptors (Lipinski definition) is 3. The minimum absolute atomic E-state index is 0.00433. The minimum Gasteiger partial charge on any atom is -0.341 e. The predicted molar refractivity (Wildman–Crippen MR) is 68.2 cm³/mol. The normalized spacial score (nSPS) is 20.6. The van der Waals surface area contributed by atoms with E-state index < -0.39 is 0 Å². The molecule has 0 aromatic carbocycles. The van der Waals surface area contributed by atoms with E-state index in [2.05, 4.69) is 15.5 Å². The molecule has 18 heavy (non-hydrogen) atoms. The summed E-state index contributed by atoms with van der Waals surface area (Å²) in [6.07, 6.45) is 2.74. The number of piperazine rings is 1. The van der Waals surface area contributed by atoms with Gasteiger partial charge in [-0.3, -0.25) is 9.69 Å². The number of nitrogens with one attached hydrogen (secondary N) is 2. The molecule has 0 spiro atoms. The molecular formula is C12H22N4O2. The third-order valence-corrected chi connectivity index (χ3v) is 3.57. The smallest absolute Gasteiger partial charge is 0.314 e. The van der Waals surface area contributed by atoms with Gasteiger partial charge in [0.15, 0.2) is 0 Å². The van der Waals surface area contributed by atoms with Crippen molar-refractivity contribution in [3.63, 3.8) is 0 Å². The van der Waals surface area contributed by atoms with Crippen LogP contribution in [0, 0.1) is 5.92 Å². The van der Waals surface area contributed by atoms with Crippen molar-refractivity contribution in [2.45, 2.75) is 12.8 Å². The van der Waals surface area contributed by atoms with Gasteiger partial charge in [-0.2, -0.15) is 0 Å². The van der Waals surface area contributed by atoms with Crippen LogP contribution in [-0.2, 0) is 4.79 Å². The quantitative estimate of drug-likeness (QED) is 0.709. The van der Waals surface area contributed by atoms with Gasteiger partial charge in [0.05, 0.1) is 6.54 Å². The first-order valence-corrected chi connectivity index (χ1v) is 6.64. The maximum absolute atomic E-state index is 11.8. The molecule has 1 aliphatic carbocycles. The molecule has 0 aromatic rings. The zero-order valence-electron chi connectivity index (χ0n) is 10.9. The van der Waals surface area contributed by atoms with Crippen LogP contribution in [0.15, 0.2) is 0 Å². The summed E-state index contributed by atoms with van der Waals surface area (Å²) in [5.74, 6) is 0.909. The molecule has 2 aliphatic rings. The highest BCUT2D eigenvalue weighted by Gasteiger charge is 2.27. The molecule has 1 heterocycles. The maximum atomic E-state index is 11.8. The molecule has 0 aromatic heterocycles. The van der Waals surface area contributed by atoms with Crippen LogP contribution in [-0.4, -0.2) is 68.1 Å². The van der Waals surface area contributed by atoms with Gasteiger partial charge in [0.1, 0.15) is 0 Å². The summed E-state index contributed by atoms with van der Waals surface area (Å²) in [4.78, 5) is 27.1. The fraction of sp³-hybridized carbons (Fsp3) is 0.833. The van der Waals surface area contributed by atoms with E-state index >= 15 is 0 Å². The van der Waals surface area contributed by atoms with Crippen LogP contribution in [0.4, 0.5) is 4.79 Å². The fourth-order valence-corrected chi connectivity index (χ4v) is 2.20. The second-order valence-corrected chi connectivity index (χ2v) is 5.06. The van der Waals surface area contributed by atoms with Crippen molar-refractivity contribution in [3.05, 3.63) is 0 Å². The van der Waals surface area contributed by atoms with Gasteiger partial charge in [-0.05, 0) is 18.8 Å². The van der Waals surface area contributed by atoms with Gasteiger partial charge in [-0.1, -0.05) is 0 Å². The van der Waals surface area contributed by atoms with Crippen molar-refractivity contribution < 1.29 is 9.59 Å². The lowest BCUT2D eigenvalue weighted by atomic mass is 10.2. The highest BCUT2D eigenvalue weighted by molar-refractivity contribution is 5.83. The number of nitrogens with zero attached hydrogens (tertiary/aromatic N) is 2. The van der Waals surface area contributed by atoms with Crippen LogP contribution < -0.4 is 10.6 Å². The Morgan fingerprint density at radius 2 is 1.83 bits per heavy atom. The molecule has 1 saturated heterocycles. The summed E-state index contributed by atoms with van der Waals surface area (Å²) in [6, 6.07) is -0.310. The first kappa shape index (κ1) is 13.1. The lowest BCUT2D eigenvalue weighted by Crippen LogP contribution is -2.52. The molecule has 6 nitrogen and oxygen atoms in total. The highest BCUT2D eigenvalue weighted by atomic mass is 16.2. The third-order valence-electron chi connectivity index (χ3n) is 3.57. The van der Waals surface area contributed by atoms with Crippen LogP contribution in [0.5, 0.6) is 0 Å². The second kappa shape index (κ2) is 6.04. The number of urea groups is 1. The topological polar surface area (TPSA) is 64.7 Å². The summed E-state index contributed by atoms with van der Waals surface area (Å²) in [6.45, 7) is 4.76. The van der Waals surface area contributed by atoms with E-state index in [4.69, 9.17) is 0 Å². The number of carbonyl (C=O) groups excluding carboxylic acids is 2. The molecule has 2 rings (SSSR count). The first-order chi connectivity index (χ1) is 8.69. The molecule has 3 amide bonds. The molecule has 0 radical (unpaired) electrons. The Balaban J connectivity index is 1.64. The zero-order chi connectivity index (χ0) is 13.0. The molecule has 0 atom stereocenters. The largest absolute Gasteiger partial charge is 0.341 e. The summed E-state index contributed by atoms with van der Waals surface area (Å²) in [5.41, 5.74) is 0. The average Bonchev–Trinajstić information content (AvgIpc) is 3.20. The molecule has 1 aliphatic heterocycles. The monoisotopic (exact) mass is 254 g/mol. The average molecular weight is 254 g/mol. The Hall–Kier alpha value is -1.30. The van der Waals surface area contributed by atoms with E-state index in [1.807, 2.05) is 4.90 Å². The van der Waals surface area contributed by atoms with Crippen LogP contribution in [0.2, 0.25) is 0 Å². The van der Waals surface area contributed by atoms with Crippen LogP contribution in [0.1, 0.15) is 12.8 Å². The second-order valence-electron chi connectivity index (χ2n) is 5.06. The van der Waals surface area contributed by atoms with E-state index in [0.29, 0.717) is 0 Å². The zero-order valence-corrected chi connectivity index (χ0v) is 10.9. The Morgan fingerprint density at radius 3 is 2.39 bits per heavy atom. The molecule has 102 valence electrons. The molecular weight excluding hydrogens is 232 g/mol. The lowest BCUT2D eigenvalue weighted by molar-refractivity contribution is -0.131. The van der Waals surface area contributed by atoms with Gasteiger partial charge in [-0.15, -0.1) is 0 Å². The summed E-state index contributed by atoms with van der Waals surface area (Å²) in [7, 11) is 1.54. The maximum Gasteiger partial charge on any atom is 0.314 e. The standard InChI is InChI=1S/C12H22N4O2/c1-13-12(18)14-8-11(17)16-6-4-15(5-7-16)9-10-2-3-10/h10H,2-9H2,1H3,(H2,13,14,18). The molecule has 0 bridgehead atoms. The van der Waals surface area contributed by atoms with Crippen molar-refractivity contribution in [1.29, 1.82) is 0 Å². The van der Waals surface area contributed by atoms with Gasteiger partial charge >= 0.3 is 6.03 Å². The van der Waals surface area contributed by atoms with Crippen LogP contribution in [0.25, 0.3) is 0 Å². The van der Waals surface area contributed by atoms with Gasteiger partial charge in [0, 0.05) is 39.8 Å². The molecule has 1 saturated carbocycles. The Kier molecular flexibility index (Phi) is 4.41. The highest BCUT2D eigenvalue weighted by Crippen LogP contribution is 2.29. The Morgan fingerprint density at radius 1 is 1.17 bits per heavy atom. The van der Waals surface area contributed by atoms with Gasteiger partial charge < -0.3 is 15.5 Å². The first-order valence-electron chi connectivity index (χ1n) is 6.64. The van der Waals surface area contributed by atoms with E-state index in [-0.39, 0.29) is 18.5 Å². The van der Waals surface area contributed by atoms with E-state index in [1.165, 1.54) is 26.4 Å². The summed E-state index contributed by atoms with van der Waals surface area (Å²) in [5, 5.41) is 4.96.